The van der Waals surface area contributed by atoms with E-state index in [1.54, 1.807) is 0 Å². The molecule has 28 heteroatoms. The number of carboxylic acid groups (broad SMARTS) is 1. The third-order valence-corrected chi connectivity index (χ3v) is 11.4. The van der Waals surface area contributed by atoms with Crippen LogP contribution in [-0.2, 0) is 49.6 Å². The molecule has 0 saturated carbocycles. The lowest BCUT2D eigenvalue weighted by Crippen LogP contribution is -2.64. The number of aliphatic hydroxyl groups is 1. The lowest BCUT2D eigenvalue weighted by atomic mass is 9.97. The van der Waals surface area contributed by atoms with Crippen molar-refractivity contribution in [1.82, 2.24) is 42.1 Å². The second-order valence-corrected chi connectivity index (χ2v) is 17.3. The van der Waals surface area contributed by atoms with Crippen LogP contribution in [0.4, 0.5) is 4.39 Å². The molecule has 73 heavy (non-hydrogen) atoms. The van der Waals surface area contributed by atoms with Gasteiger partial charge in [0.1, 0.15) is 47.8 Å². The molecule has 8 amide bonds. The molecule has 0 spiro atoms. The number of likely N-dealkylation sites (tertiary alicyclic amines) is 1. The van der Waals surface area contributed by atoms with Crippen molar-refractivity contribution in [2.45, 2.75) is 126 Å². The van der Waals surface area contributed by atoms with Crippen LogP contribution in [0.15, 0.2) is 41.0 Å². The highest BCUT2D eigenvalue weighted by Crippen LogP contribution is 2.21. The Hall–Kier alpha value is -6.85. The Morgan fingerprint density at radius 2 is 1.45 bits per heavy atom. The van der Waals surface area contributed by atoms with E-state index >= 15 is 0 Å². The van der Waals surface area contributed by atoms with Gasteiger partial charge in [0, 0.05) is 26.1 Å². The molecule has 0 unspecified atom stereocenters. The average Bonchev–Trinajstić information content (AvgIpc) is 3.32. The summed E-state index contributed by atoms with van der Waals surface area (Å²) in [6.07, 6.45) is 1.99. The normalized spacial score (nSPS) is 16.1. The fraction of sp³-hybridized carbons (Fsp3) is 0.600. The summed E-state index contributed by atoms with van der Waals surface area (Å²) in [6, 6.07) is -3.86. The largest absolute Gasteiger partial charge is 0.477 e. The fourth-order valence-electron chi connectivity index (χ4n) is 7.24. The molecule has 1 aliphatic heterocycles. The number of guanidine groups is 1. The monoisotopic (exact) mass is 1030 g/mol. The second-order valence-electron chi connectivity index (χ2n) is 17.3. The van der Waals surface area contributed by atoms with Gasteiger partial charge in [-0.1, -0.05) is 24.6 Å². The molecule has 2 rings (SSSR count). The third kappa shape index (κ3) is 22.2. The highest BCUT2D eigenvalue weighted by molar-refractivity contribution is 5.99. The minimum absolute atomic E-state index is 0.00463. The van der Waals surface area contributed by atoms with Crippen LogP contribution < -0.4 is 77.4 Å². The Kier molecular flexibility index (Phi) is 28.1. The quantitative estimate of drug-likeness (QED) is 0.0132. The van der Waals surface area contributed by atoms with E-state index in [4.69, 9.17) is 40.1 Å². The van der Waals surface area contributed by atoms with Crippen molar-refractivity contribution in [1.29, 1.82) is 0 Å². The number of amides is 8. The lowest BCUT2D eigenvalue weighted by molar-refractivity contribution is -0.150. The Balaban J connectivity index is 2.21. The van der Waals surface area contributed by atoms with E-state index in [-0.39, 0.29) is 82.6 Å². The second kappa shape index (κ2) is 33.0. The van der Waals surface area contributed by atoms with Gasteiger partial charge in [-0.3, -0.25) is 43.3 Å². The van der Waals surface area contributed by atoms with Crippen LogP contribution in [0.25, 0.3) is 0 Å². The molecule has 8 atom stereocenters. The van der Waals surface area contributed by atoms with E-state index in [2.05, 4.69) is 42.2 Å². The maximum Gasteiger partial charge on any atom is 0.352 e. The highest BCUT2D eigenvalue weighted by atomic mass is 19.1. The van der Waals surface area contributed by atoms with Gasteiger partial charge in [-0.05, 0) is 102 Å². The average molecular weight is 1040 g/mol. The van der Waals surface area contributed by atoms with E-state index in [0.29, 0.717) is 32.2 Å². The van der Waals surface area contributed by atoms with Gasteiger partial charge in [0.05, 0.1) is 18.7 Å². The molecule has 27 nitrogen and oxygen atoms in total. The molecule has 408 valence electrons. The van der Waals surface area contributed by atoms with Crippen LogP contribution in [0.5, 0.6) is 0 Å². The molecule has 1 aliphatic rings. The number of hydrogen-bond donors (Lipinski definition) is 16. The summed E-state index contributed by atoms with van der Waals surface area (Å²) in [7, 11) is 0. The number of halogens is 1. The number of benzene rings is 1. The summed E-state index contributed by atoms with van der Waals surface area (Å²) in [4.78, 5) is 124. The fourth-order valence-corrected chi connectivity index (χ4v) is 7.24. The first kappa shape index (κ1) is 62.3. The number of aliphatic hydroxyl groups excluding tert-OH is 1. The van der Waals surface area contributed by atoms with E-state index in [1.807, 2.05) is 0 Å². The maximum atomic E-state index is 14.3. The van der Waals surface area contributed by atoms with Crippen molar-refractivity contribution >= 4 is 59.2 Å². The number of nitrogens with zero attached hydrogens (tertiary/aromatic N) is 2. The summed E-state index contributed by atoms with van der Waals surface area (Å²) < 4.78 is 14.3. The van der Waals surface area contributed by atoms with Gasteiger partial charge in [0.25, 0.3) is 0 Å². The van der Waals surface area contributed by atoms with Crippen molar-refractivity contribution in [3.63, 3.8) is 0 Å². The molecular formula is C45H75FN16O11. The number of hydrogen-bond acceptors (Lipinski definition) is 16. The van der Waals surface area contributed by atoms with Gasteiger partial charge in [0.2, 0.25) is 47.3 Å². The summed E-state index contributed by atoms with van der Waals surface area (Å²) in [5.74, 6) is -8.99. The highest BCUT2D eigenvalue weighted by Gasteiger charge is 2.42. The number of carbonyl (C=O) groups excluding carboxylic acids is 8. The van der Waals surface area contributed by atoms with Crippen molar-refractivity contribution in [3.8, 4) is 0 Å². The van der Waals surface area contributed by atoms with Crippen molar-refractivity contribution < 1.29 is 57.8 Å². The number of nitrogens with one attached hydrogen (secondary N) is 7. The molecule has 1 fully saturated rings. The lowest BCUT2D eigenvalue weighted by Gasteiger charge is -2.42. The SMILES string of the molecule is C[C@H](NC(=O)[C@@H](NC(=O)[C@@H](N)CCCCN)[C@@H](O)CN)C(=O)NCC(=O)N[C@H](CCCN)C(=O)N1CC[C@H]1C(=O)N[C@@H](Cc1cccc(F)c1)C(=O)N[C@@H](CCCCN)C(=O)N/C(=C\CCN=C(N)N)C(=O)O. The zero-order chi connectivity index (χ0) is 54.6. The van der Waals surface area contributed by atoms with Crippen LogP contribution in [-0.4, -0.2) is 169 Å². The van der Waals surface area contributed by atoms with Crippen molar-refractivity contribution in [3.05, 3.63) is 47.4 Å². The standard InChI is InChI=1S/C45H75FN16O11/c1-25(56-42(70)36(34(63)23-50)61-38(66)28(51)11-2-4-16-47)37(65)55-24-35(64)57-30(13-7-18-49)43(71)62-20-15-33(62)41(69)60-32(22-26-9-6-10-27(46)21-26)40(68)58-29(12-3-5-17-48)39(67)59-31(44(72)73)14-8-19-54-45(52)53/h6,9-10,14,21,25,28-30,32-34,36,63H,2-5,7-8,11-13,15-20,22-24,47-51H2,1H3,(H,55,65)(H,56,70)(H,57,64)(H,58,68)(H,59,67)(H,60,69)(H,61,66)(H,72,73)(H4,52,53,54)/b31-14-/t25-,28-,29-,30+,32-,33-,34-,36-/m0/s1. The van der Waals surface area contributed by atoms with Crippen LogP contribution >= 0.6 is 0 Å². The van der Waals surface area contributed by atoms with Gasteiger partial charge in [0.15, 0.2) is 5.96 Å². The maximum absolute atomic E-state index is 14.3. The Morgan fingerprint density at radius 3 is 2.04 bits per heavy atom. The van der Waals surface area contributed by atoms with Crippen LogP contribution in [0.3, 0.4) is 0 Å². The van der Waals surface area contributed by atoms with E-state index in [1.165, 1.54) is 36.1 Å². The van der Waals surface area contributed by atoms with Gasteiger partial charge in [-0.25, -0.2) is 9.18 Å². The first-order valence-electron chi connectivity index (χ1n) is 24.0. The smallest absolute Gasteiger partial charge is 0.352 e. The molecular weight excluding hydrogens is 960 g/mol. The van der Waals surface area contributed by atoms with Gasteiger partial charge in [-0.15, -0.1) is 0 Å². The van der Waals surface area contributed by atoms with Crippen molar-refractivity contribution in [2.75, 3.05) is 45.8 Å². The molecule has 0 radical (unpaired) electrons. The number of aliphatic carboxylic acids is 1. The molecule has 1 aromatic rings. The zero-order valence-corrected chi connectivity index (χ0v) is 41.1. The first-order chi connectivity index (χ1) is 34.7. The number of aliphatic imine (C=N–C) groups is 1. The number of carbonyl (C=O) groups is 9. The topological polar surface area (TPSA) is 476 Å². The Morgan fingerprint density at radius 1 is 0.795 bits per heavy atom. The first-order valence-corrected chi connectivity index (χ1v) is 24.0. The number of unbranched alkanes of at least 4 members (excludes halogenated alkanes) is 2. The summed E-state index contributed by atoms with van der Waals surface area (Å²) in [6.45, 7) is 1.03. The number of nitrogens with two attached hydrogens (primary N) is 7. The van der Waals surface area contributed by atoms with Crippen LogP contribution in [0.1, 0.15) is 76.7 Å². The summed E-state index contributed by atoms with van der Waals surface area (Å²) in [5, 5.41) is 37.2. The van der Waals surface area contributed by atoms with Crippen LogP contribution in [0, 0.1) is 5.82 Å². The Bertz CT molecular complexity index is 2100. The summed E-state index contributed by atoms with van der Waals surface area (Å²) in [5.41, 5.74) is 38.7. The van der Waals surface area contributed by atoms with Crippen LogP contribution in [0.2, 0.25) is 0 Å². The minimum Gasteiger partial charge on any atom is -0.477 e. The molecule has 0 bridgehead atoms. The molecule has 0 aromatic heterocycles. The molecule has 1 saturated heterocycles. The predicted molar refractivity (Wildman–Crippen MR) is 265 cm³/mol. The minimum atomic E-state index is -1.57. The molecule has 1 heterocycles. The third-order valence-electron chi connectivity index (χ3n) is 11.4. The molecule has 1 aromatic carbocycles. The van der Waals surface area contributed by atoms with E-state index in [9.17, 15) is 57.8 Å². The van der Waals surface area contributed by atoms with Crippen molar-refractivity contribution in [2.24, 2.45) is 45.1 Å². The Labute approximate surface area is 422 Å². The van der Waals surface area contributed by atoms with Gasteiger partial charge >= 0.3 is 5.97 Å². The molecule has 0 aliphatic carbocycles. The van der Waals surface area contributed by atoms with Gasteiger partial charge in [-0.2, -0.15) is 0 Å². The number of rotatable bonds is 34. The number of carboxylic acids is 1. The van der Waals surface area contributed by atoms with E-state index < -0.39 is 126 Å². The molecule has 23 N–H and O–H groups in total. The predicted octanol–water partition coefficient (Wildman–Crippen LogP) is -6.08. The summed E-state index contributed by atoms with van der Waals surface area (Å²) >= 11 is 0. The zero-order valence-electron chi connectivity index (χ0n) is 41.1. The van der Waals surface area contributed by atoms with E-state index in [0.717, 1.165) is 6.07 Å². The van der Waals surface area contributed by atoms with Gasteiger partial charge < -0.3 is 92.5 Å².